The quantitative estimate of drug-likeness (QED) is 0.547. The molecule has 2 heteroatoms. The molecule has 0 aromatic heterocycles. The van der Waals surface area contributed by atoms with Crippen LogP contribution in [0.15, 0.2) is 54.1 Å². The van der Waals surface area contributed by atoms with Gasteiger partial charge in [0.1, 0.15) is 0 Å². The molecule has 0 unspecified atom stereocenters. The number of nitrogens with zero attached hydrogens (tertiary/aromatic N) is 1. The number of alkyl halides is 1. The van der Waals surface area contributed by atoms with Gasteiger partial charge in [0, 0.05) is 24.1 Å². The van der Waals surface area contributed by atoms with E-state index in [1.807, 2.05) is 0 Å². The van der Waals surface area contributed by atoms with Crippen LogP contribution in [0.4, 0.5) is 0 Å². The first kappa shape index (κ1) is 13.8. The second-order valence-electron chi connectivity index (χ2n) is 4.68. The van der Waals surface area contributed by atoms with Gasteiger partial charge in [0.15, 0.2) is 0 Å². The summed E-state index contributed by atoms with van der Waals surface area (Å²) in [7, 11) is 0. The van der Waals surface area contributed by atoms with Gasteiger partial charge in [-0.3, -0.25) is 4.90 Å². The van der Waals surface area contributed by atoms with E-state index in [4.69, 9.17) is 0 Å². The van der Waals surface area contributed by atoms with Crippen molar-refractivity contribution in [2.75, 3.05) is 17.5 Å². The average molecular weight is 353 g/mol. The molecule has 0 N–H and O–H groups in total. The van der Waals surface area contributed by atoms with Crippen LogP contribution in [0, 0.1) is 0 Å². The summed E-state index contributed by atoms with van der Waals surface area (Å²) in [5, 5.41) is 0. The molecule has 0 fully saturated rings. The second kappa shape index (κ2) is 7.74. The number of halogens is 1. The summed E-state index contributed by atoms with van der Waals surface area (Å²) in [5.74, 6) is 0. The Labute approximate surface area is 124 Å². The van der Waals surface area contributed by atoms with Crippen molar-refractivity contribution in [2.24, 2.45) is 0 Å². The minimum atomic E-state index is 1.06. The maximum atomic E-state index is 2.55. The van der Waals surface area contributed by atoms with Crippen molar-refractivity contribution in [3.05, 3.63) is 59.7 Å². The molecule has 1 aliphatic carbocycles. The van der Waals surface area contributed by atoms with Crippen LogP contribution in [-0.4, -0.2) is 22.4 Å². The van der Waals surface area contributed by atoms with Gasteiger partial charge < -0.3 is 0 Å². The van der Waals surface area contributed by atoms with E-state index < -0.39 is 0 Å². The molecule has 0 aliphatic heterocycles. The zero-order chi connectivity index (χ0) is 12.6. The Morgan fingerprint density at radius 2 is 1.94 bits per heavy atom. The highest BCUT2D eigenvalue weighted by atomic mass is 127. The van der Waals surface area contributed by atoms with Gasteiger partial charge in [-0.15, -0.1) is 0 Å². The number of hydrogen-bond acceptors (Lipinski definition) is 1. The molecular weight excluding hydrogens is 333 g/mol. The lowest BCUT2D eigenvalue weighted by molar-refractivity contribution is 0.305. The Bertz CT molecular complexity index is 408. The molecular formula is C16H20IN. The first-order chi connectivity index (χ1) is 8.88. The second-order valence-corrected chi connectivity index (χ2v) is 5.76. The fourth-order valence-corrected chi connectivity index (χ4v) is 2.93. The molecule has 0 atom stereocenters. The molecule has 0 amide bonds. The summed E-state index contributed by atoms with van der Waals surface area (Å²) >= 11 is 2.46. The van der Waals surface area contributed by atoms with E-state index >= 15 is 0 Å². The van der Waals surface area contributed by atoms with Crippen LogP contribution in [0.1, 0.15) is 18.4 Å². The monoisotopic (exact) mass is 353 g/mol. The van der Waals surface area contributed by atoms with E-state index in [9.17, 15) is 0 Å². The van der Waals surface area contributed by atoms with E-state index in [2.05, 4.69) is 76.1 Å². The molecule has 0 bridgehead atoms. The molecule has 2 rings (SSSR count). The van der Waals surface area contributed by atoms with Crippen LogP contribution in [0.25, 0.3) is 0 Å². The lowest BCUT2D eigenvalue weighted by atomic mass is 10.0. The van der Waals surface area contributed by atoms with Gasteiger partial charge in [-0.2, -0.15) is 0 Å². The largest absolute Gasteiger partial charge is 0.294 e. The summed E-state index contributed by atoms with van der Waals surface area (Å²) in [5.41, 5.74) is 2.98. The highest BCUT2D eigenvalue weighted by Crippen LogP contribution is 2.15. The van der Waals surface area contributed by atoms with E-state index in [0.29, 0.717) is 0 Å². The minimum absolute atomic E-state index is 1.06. The normalized spacial score (nSPS) is 14.9. The number of allylic oxidation sites excluding steroid dienone is 3. The molecule has 0 heterocycles. The summed E-state index contributed by atoms with van der Waals surface area (Å²) in [6.07, 6.45) is 9.17. The van der Waals surface area contributed by atoms with Crippen LogP contribution in [0.3, 0.4) is 0 Å². The predicted molar refractivity (Wildman–Crippen MR) is 87.1 cm³/mol. The third-order valence-corrected chi connectivity index (χ3v) is 3.66. The minimum Gasteiger partial charge on any atom is -0.294 e. The Morgan fingerprint density at radius 1 is 1.11 bits per heavy atom. The van der Waals surface area contributed by atoms with Gasteiger partial charge in [-0.1, -0.05) is 76.7 Å². The van der Waals surface area contributed by atoms with Crippen molar-refractivity contribution >= 4 is 22.6 Å². The maximum Gasteiger partial charge on any atom is 0.0237 e. The van der Waals surface area contributed by atoms with Gasteiger partial charge in [-0.25, -0.2) is 0 Å². The lowest BCUT2D eigenvalue weighted by Gasteiger charge is -2.23. The molecule has 1 nitrogen and oxygen atoms in total. The van der Waals surface area contributed by atoms with Crippen LogP contribution < -0.4 is 0 Å². The van der Waals surface area contributed by atoms with Crippen LogP contribution in [0.5, 0.6) is 0 Å². The Kier molecular flexibility index (Phi) is 5.94. The smallest absolute Gasteiger partial charge is 0.0237 e. The fourth-order valence-electron chi connectivity index (χ4n) is 2.25. The first-order valence-corrected chi connectivity index (χ1v) is 8.08. The molecule has 1 aromatic carbocycles. The standard InChI is InChI=1S/C16H20IN/c17-11-12-18(13-15-7-3-1-4-8-15)14-16-9-5-2-6-10-16/h1-5,7-9H,6,10-14H2. The third kappa shape index (κ3) is 4.58. The summed E-state index contributed by atoms with van der Waals surface area (Å²) in [4.78, 5) is 2.55. The van der Waals surface area contributed by atoms with Crippen LogP contribution in [0.2, 0.25) is 0 Å². The molecule has 0 saturated carbocycles. The molecule has 0 radical (unpaired) electrons. The Morgan fingerprint density at radius 3 is 2.61 bits per heavy atom. The van der Waals surface area contributed by atoms with Crippen molar-refractivity contribution in [1.29, 1.82) is 0 Å². The van der Waals surface area contributed by atoms with E-state index in [-0.39, 0.29) is 0 Å². The topological polar surface area (TPSA) is 3.24 Å². The number of benzene rings is 1. The zero-order valence-electron chi connectivity index (χ0n) is 10.7. The van der Waals surface area contributed by atoms with Gasteiger partial charge in [0.05, 0.1) is 0 Å². The highest BCUT2D eigenvalue weighted by molar-refractivity contribution is 14.1. The summed E-state index contributed by atoms with van der Waals surface area (Å²) in [6, 6.07) is 10.8. The van der Waals surface area contributed by atoms with Gasteiger partial charge in [0.25, 0.3) is 0 Å². The van der Waals surface area contributed by atoms with Crippen LogP contribution >= 0.6 is 22.6 Å². The molecule has 96 valence electrons. The van der Waals surface area contributed by atoms with E-state index in [1.54, 1.807) is 5.57 Å². The van der Waals surface area contributed by atoms with Gasteiger partial charge in [-0.05, 0) is 18.4 Å². The molecule has 1 aliphatic rings. The summed E-state index contributed by atoms with van der Waals surface area (Å²) in [6.45, 7) is 3.34. The number of hydrogen-bond donors (Lipinski definition) is 0. The first-order valence-electron chi connectivity index (χ1n) is 6.55. The Balaban J connectivity index is 1.95. The van der Waals surface area contributed by atoms with Crippen LogP contribution in [-0.2, 0) is 6.54 Å². The zero-order valence-corrected chi connectivity index (χ0v) is 12.8. The highest BCUT2D eigenvalue weighted by Gasteiger charge is 2.08. The third-order valence-electron chi connectivity index (χ3n) is 3.18. The molecule has 1 aromatic rings. The van der Waals surface area contributed by atoms with Crippen molar-refractivity contribution < 1.29 is 0 Å². The van der Waals surface area contributed by atoms with E-state index in [1.165, 1.54) is 22.8 Å². The SMILES string of the molecule is ICCN(CC1=CC=CCC1)Cc1ccccc1. The molecule has 0 spiro atoms. The van der Waals surface area contributed by atoms with Gasteiger partial charge in [0.2, 0.25) is 0 Å². The van der Waals surface area contributed by atoms with Crippen molar-refractivity contribution in [2.45, 2.75) is 19.4 Å². The van der Waals surface area contributed by atoms with E-state index in [0.717, 1.165) is 19.6 Å². The summed E-state index contributed by atoms with van der Waals surface area (Å²) < 4.78 is 1.19. The van der Waals surface area contributed by atoms with Crippen molar-refractivity contribution in [3.63, 3.8) is 0 Å². The predicted octanol–water partition coefficient (Wildman–Crippen LogP) is 4.20. The Hall–Kier alpha value is -0.610. The van der Waals surface area contributed by atoms with Crippen molar-refractivity contribution in [1.82, 2.24) is 4.90 Å². The van der Waals surface area contributed by atoms with Crippen molar-refractivity contribution in [3.8, 4) is 0 Å². The maximum absolute atomic E-state index is 2.55. The average Bonchev–Trinajstić information content (AvgIpc) is 2.41. The van der Waals surface area contributed by atoms with Gasteiger partial charge >= 0.3 is 0 Å². The fraction of sp³-hybridized carbons (Fsp3) is 0.375. The molecule has 0 saturated heterocycles. The lowest BCUT2D eigenvalue weighted by Crippen LogP contribution is -2.27. The number of rotatable bonds is 6. The molecule has 18 heavy (non-hydrogen) atoms.